The third-order valence-corrected chi connectivity index (χ3v) is 5.72. The molecule has 0 spiro atoms. The van der Waals surface area contributed by atoms with Crippen LogP contribution in [0.3, 0.4) is 0 Å². The van der Waals surface area contributed by atoms with E-state index >= 15 is 0 Å². The lowest BCUT2D eigenvalue weighted by atomic mass is 9.78. The van der Waals surface area contributed by atoms with Gasteiger partial charge in [0.2, 0.25) is 0 Å². The summed E-state index contributed by atoms with van der Waals surface area (Å²) in [5, 5.41) is 0. The summed E-state index contributed by atoms with van der Waals surface area (Å²) in [4.78, 5) is 0. The van der Waals surface area contributed by atoms with Crippen LogP contribution in [0.4, 0.5) is 13.2 Å². The number of hydrogen-bond acceptors (Lipinski definition) is 6. The molecule has 1 aliphatic carbocycles. The molecule has 1 fully saturated rings. The molecule has 0 aromatic heterocycles. The van der Waals surface area contributed by atoms with Gasteiger partial charge in [0, 0.05) is 38.8 Å². The molecule has 2 rings (SSSR count). The van der Waals surface area contributed by atoms with E-state index in [4.69, 9.17) is 14.2 Å². The number of methoxy groups -OCH3 is 1. The van der Waals surface area contributed by atoms with Crippen LogP contribution >= 0.6 is 0 Å². The highest BCUT2D eigenvalue weighted by atomic mass is 32.2. The van der Waals surface area contributed by atoms with Crippen LogP contribution in [0, 0.1) is 11.3 Å². The Kier molecular flexibility index (Phi) is 7.35. The molecular weight excluding hydrogens is 377 g/mol. The van der Waals surface area contributed by atoms with Crippen LogP contribution in [0.2, 0.25) is 0 Å². The number of allylic oxidation sites excluding steroid dienone is 2. The van der Waals surface area contributed by atoms with E-state index < -0.39 is 21.0 Å². The predicted molar refractivity (Wildman–Crippen MR) is 86.7 cm³/mol. The minimum absolute atomic E-state index is 0.0826. The van der Waals surface area contributed by atoms with Gasteiger partial charge in [0.25, 0.3) is 0 Å². The summed E-state index contributed by atoms with van der Waals surface area (Å²) in [7, 11) is -4.08. The molecule has 152 valence electrons. The third-order valence-electron chi connectivity index (χ3n) is 4.72. The average molecular weight is 402 g/mol. The van der Waals surface area contributed by atoms with Crippen molar-refractivity contribution in [3.63, 3.8) is 0 Å². The molecule has 1 atom stereocenters. The van der Waals surface area contributed by atoms with Gasteiger partial charge < -0.3 is 18.4 Å². The topological polar surface area (TPSA) is 71.1 Å². The standard InChI is InChI=1S/C16H25F3O6S/c1-22-11-15(12-24-10-13-4-8-23-9-5-13)6-2-14(3-7-15)25-26(20,21)16(17,18)19/h2,13H,3-12H2,1H3. The fourth-order valence-corrected chi connectivity index (χ4v) is 3.68. The molecule has 0 aromatic carbocycles. The Labute approximate surface area is 151 Å². The number of alkyl halides is 3. The van der Waals surface area contributed by atoms with Gasteiger partial charge >= 0.3 is 15.6 Å². The van der Waals surface area contributed by atoms with Gasteiger partial charge in [-0.1, -0.05) is 0 Å². The number of halogens is 3. The number of ether oxygens (including phenoxy) is 3. The van der Waals surface area contributed by atoms with Crippen molar-refractivity contribution in [3.8, 4) is 0 Å². The molecule has 1 unspecified atom stereocenters. The Morgan fingerprint density at radius 3 is 2.50 bits per heavy atom. The van der Waals surface area contributed by atoms with E-state index in [0.29, 0.717) is 38.6 Å². The first-order valence-electron chi connectivity index (χ1n) is 8.52. The van der Waals surface area contributed by atoms with Gasteiger partial charge in [-0.25, -0.2) is 0 Å². The fourth-order valence-electron chi connectivity index (χ4n) is 3.15. The second-order valence-electron chi connectivity index (χ2n) is 6.86. The third kappa shape index (κ3) is 5.83. The Morgan fingerprint density at radius 2 is 1.96 bits per heavy atom. The first kappa shape index (κ1) is 21.5. The maximum Gasteiger partial charge on any atom is 0.534 e. The minimum Gasteiger partial charge on any atom is -0.384 e. The van der Waals surface area contributed by atoms with E-state index in [0.717, 1.165) is 26.1 Å². The zero-order valence-corrected chi connectivity index (χ0v) is 15.5. The molecule has 1 saturated heterocycles. The molecule has 0 amide bonds. The quantitative estimate of drug-likeness (QED) is 0.459. The number of rotatable bonds is 8. The summed E-state index contributed by atoms with van der Waals surface area (Å²) < 4.78 is 80.1. The number of hydrogen-bond donors (Lipinski definition) is 0. The van der Waals surface area contributed by atoms with Crippen molar-refractivity contribution in [2.75, 3.05) is 40.1 Å². The lowest BCUT2D eigenvalue weighted by Crippen LogP contribution is -2.35. The van der Waals surface area contributed by atoms with Crippen LogP contribution in [-0.2, 0) is 28.5 Å². The Balaban J connectivity index is 1.90. The van der Waals surface area contributed by atoms with Crippen molar-refractivity contribution in [3.05, 3.63) is 11.8 Å². The zero-order chi connectivity index (χ0) is 19.3. The van der Waals surface area contributed by atoms with Crippen molar-refractivity contribution in [1.82, 2.24) is 0 Å². The molecule has 10 heteroatoms. The smallest absolute Gasteiger partial charge is 0.384 e. The molecule has 26 heavy (non-hydrogen) atoms. The second kappa shape index (κ2) is 8.90. The molecule has 1 aliphatic heterocycles. The second-order valence-corrected chi connectivity index (χ2v) is 8.40. The Bertz CT molecular complexity index is 583. The van der Waals surface area contributed by atoms with Crippen LogP contribution < -0.4 is 0 Å². The predicted octanol–water partition coefficient (Wildman–Crippen LogP) is 3.00. The molecule has 0 radical (unpaired) electrons. The first-order valence-corrected chi connectivity index (χ1v) is 9.92. The summed E-state index contributed by atoms with van der Waals surface area (Å²) >= 11 is 0. The Hall–Kier alpha value is -0.840. The first-order chi connectivity index (χ1) is 12.2. The van der Waals surface area contributed by atoms with E-state index in [1.807, 2.05) is 0 Å². The van der Waals surface area contributed by atoms with E-state index in [1.54, 1.807) is 7.11 Å². The monoisotopic (exact) mass is 402 g/mol. The molecule has 1 heterocycles. The van der Waals surface area contributed by atoms with Crippen molar-refractivity contribution in [2.45, 2.75) is 37.6 Å². The maximum absolute atomic E-state index is 12.4. The van der Waals surface area contributed by atoms with E-state index in [-0.39, 0.29) is 12.2 Å². The van der Waals surface area contributed by atoms with Crippen LogP contribution in [0.25, 0.3) is 0 Å². The fraction of sp³-hybridized carbons (Fsp3) is 0.875. The normalized spacial score (nSPS) is 25.8. The largest absolute Gasteiger partial charge is 0.534 e. The van der Waals surface area contributed by atoms with Crippen LogP contribution in [0.15, 0.2) is 11.8 Å². The van der Waals surface area contributed by atoms with Crippen molar-refractivity contribution in [2.24, 2.45) is 11.3 Å². The lowest BCUT2D eigenvalue weighted by Gasteiger charge is -2.36. The van der Waals surface area contributed by atoms with Gasteiger partial charge in [-0.3, -0.25) is 0 Å². The SMILES string of the molecule is COCC1(COCC2CCOCC2)CC=C(OS(=O)(=O)C(F)(F)F)CC1. The molecule has 6 nitrogen and oxygen atoms in total. The van der Waals surface area contributed by atoms with Gasteiger partial charge in [0.05, 0.1) is 13.2 Å². The van der Waals surface area contributed by atoms with E-state index in [1.165, 1.54) is 6.08 Å². The summed E-state index contributed by atoms with van der Waals surface area (Å²) in [6, 6.07) is 0. The van der Waals surface area contributed by atoms with E-state index in [9.17, 15) is 21.6 Å². The highest BCUT2D eigenvalue weighted by Gasteiger charge is 2.49. The van der Waals surface area contributed by atoms with Crippen LogP contribution in [-0.4, -0.2) is 54.1 Å². The van der Waals surface area contributed by atoms with E-state index in [2.05, 4.69) is 4.18 Å². The maximum atomic E-state index is 12.4. The summed E-state index contributed by atoms with van der Waals surface area (Å²) in [6.45, 7) is 2.83. The lowest BCUT2D eigenvalue weighted by molar-refractivity contribution is -0.0539. The highest BCUT2D eigenvalue weighted by molar-refractivity contribution is 7.87. The van der Waals surface area contributed by atoms with Gasteiger partial charge in [0.15, 0.2) is 0 Å². The van der Waals surface area contributed by atoms with Gasteiger partial charge in [-0.05, 0) is 37.7 Å². The van der Waals surface area contributed by atoms with Crippen LogP contribution in [0.5, 0.6) is 0 Å². The average Bonchev–Trinajstić information content (AvgIpc) is 2.57. The van der Waals surface area contributed by atoms with Crippen molar-refractivity contribution < 1.29 is 40.0 Å². The molecule has 0 aromatic rings. The summed E-state index contributed by atoms with van der Waals surface area (Å²) in [5.41, 5.74) is -5.82. The Morgan fingerprint density at radius 1 is 1.27 bits per heavy atom. The van der Waals surface area contributed by atoms with Crippen molar-refractivity contribution in [1.29, 1.82) is 0 Å². The van der Waals surface area contributed by atoms with Gasteiger partial charge in [-0.2, -0.15) is 21.6 Å². The minimum atomic E-state index is -5.62. The van der Waals surface area contributed by atoms with Gasteiger partial charge in [0.1, 0.15) is 5.76 Å². The molecular formula is C16H25F3O6S. The van der Waals surface area contributed by atoms with Crippen LogP contribution in [0.1, 0.15) is 32.1 Å². The summed E-state index contributed by atoms with van der Waals surface area (Å²) in [5.74, 6) is 0.261. The molecule has 0 bridgehead atoms. The molecule has 0 saturated carbocycles. The highest BCUT2D eigenvalue weighted by Crippen LogP contribution is 2.38. The zero-order valence-electron chi connectivity index (χ0n) is 14.7. The molecule has 0 N–H and O–H groups in total. The van der Waals surface area contributed by atoms with Crippen molar-refractivity contribution >= 4 is 10.1 Å². The summed E-state index contributed by atoms with van der Waals surface area (Å²) in [6.07, 6.45) is 4.13. The van der Waals surface area contributed by atoms with Gasteiger partial charge in [-0.15, -0.1) is 0 Å². The molecule has 2 aliphatic rings.